The van der Waals surface area contributed by atoms with E-state index in [1.165, 1.54) is 4.90 Å². The molecule has 19 heavy (non-hydrogen) atoms. The van der Waals surface area contributed by atoms with E-state index in [0.717, 1.165) is 0 Å². The van der Waals surface area contributed by atoms with Gasteiger partial charge in [0.2, 0.25) is 11.8 Å². The van der Waals surface area contributed by atoms with Crippen molar-refractivity contribution in [3.05, 3.63) is 36.5 Å². The number of amides is 2. The van der Waals surface area contributed by atoms with Crippen LogP contribution in [0.15, 0.2) is 36.5 Å². The molecule has 0 heterocycles. The number of rotatable bonds is 7. The Kier molecular flexibility index (Phi) is 8.20. The van der Waals surface area contributed by atoms with Gasteiger partial charge in [-0.3, -0.25) is 9.59 Å². The first-order chi connectivity index (χ1) is 8.93. The number of likely N-dealkylation sites (N-methyl/N-ethyl adjacent to an activating group) is 2. The Morgan fingerprint density at radius 2 is 1.95 bits per heavy atom. The molecule has 0 radical (unpaired) electrons. The summed E-state index contributed by atoms with van der Waals surface area (Å²) in [4.78, 5) is 25.1. The third-order valence-electron chi connectivity index (χ3n) is 2.32. The maximum Gasteiger partial charge on any atom is 0.249 e. The summed E-state index contributed by atoms with van der Waals surface area (Å²) in [7, 11) is 4.95. The van der Waals surface area contributed by atoms with Crippen molar-refractivity contribution in [1.29, 1.82) is 0 Å². The fraction of sp³-hybridized carbons (Fsp3) is 0.429. The van der Waals surface area contributed by atoms with Crippen molar-refractivity contribution in [3.63, 3.8) is 0 Å². The van der Waals surface area contributed by atoms with Gasteiger partial charge in [0.05, 0.1) is 6.54 Å². The van der Waals surface area contributed by atoms with E-state index in [2.05, 4.69) is 17.2 Å². The van der Waals surface area contributed by atoms with Crippen LogP contribution >= 0.6 is 0 Å². The monoisotopic (exact) mass is 265 g/mol. The van der Waals surface area contributed by atoms with E-state index >= 15 is 0 Å². The first-order valence-corrected chi connectivity index (χ1v) is 6.07. The second kappa shape index (κ2) is 9.10. The van der Waals surface area contributed by atoms with Crippen molar-refractivity contribution in [1.82, 2.24) is 15.5 Å². The summed E-state index contributed by atoms with van der Waals surface area (Å²) in [5.41, 5.74) is 0.543. The van der Waals surface area contributed by atoms with Crippen LogP contribution in [-0.4, -0.2) is 50.4 Å². The second-order valence-corrected chi connectivity index (χ2v) is 4.22. The number of carbonyl (C=O) groups excluding carboxylic acids is 2. The predicted octanol–water partition coefficient (Wildman–Crippen LogP) is 0.467. The quantitative estimate of drug-likeness (QED) is 0.658. The predicted molar refractivity (Wildman–Crippen MR) is 77.6 cm³/mol. The fourth-order valence-corrected chi connectivity index (χ4v) is 1.33. The highest BCUT2D eigenvalue weighted by atomic mass is 16.2. The lowest BCUT2D eigenvalue weighted by Crippen LogP contribution is -2.48. The summed E-state index contributed by atoms with van der Waals surface area (Å²) in [6, 6.07) is -0.739. The van der Waals surface area contributed by atoms with Crippen LogP contribution in [-0.2, 0) is 9.59 Å². The van der Waals surface area contributed by atoms with Crippen LogP contribution in [0, 0.1) is 0 Å². The molecule has 0 aromatic carbocycles. The third-order valence-corrected chi connectivity index (χ3v) is 2.32. The van der Waals surface area contributed by atoms with Crippen LogP contribution < -0.4 is 10.6 Å². The normalized spacial score (nSPS) is 12.6. The molecule has 0 aliphatic heterocycles. The number of allylic oxidation sites excluding steroid dienone is 3. The van der Waals surface area contributed by atoms with Crippen molar-refractivity contribution >= 4 is 11.8 Å². The molecule has 0 saturated heterocycles. The van der Waals surface area contributed by atoms with E-state index in [1.54, 1.807) is 33.3 Å². The van der Waals surface area contributed by atoms with E-state index < -0.39 is 6.04 Å². The summed E-state index contributed by atoms with van der Waals surface area (Å²) < 4.78 is 0. The zero-order valence-electron chi connectivity index (χ0n) is 12.1. The topological polar surface area (TPSA) is 61.4 Å². The van der Waals surface area contributed by atoms with Gasteiger partial charge in [0.1, 0.15) is 6.04 Å². The van der Waals surface area contributed by atoms with E-state index in [1.807, 2.05) is 19.1 Å². The van der Waals surface area contributed by atoms with E-state index in [-0.39, 0.29) is 18.4 Å². The number of nitrogens with zero attached hydrogens (tertiary/aromatic N) is 1. The molecule has 5 nitrogen and oxygen atoms in total. The van der Waals surface area contributed by atoms with Gasteiger partial charge in [-0.1, -0.05) is 30.9 Å². The van der Waals surface area contributed by atoms with Gasteiger partial charge in [0.15, 0.2) is 0 Å². The highest BCUT2D eigenvalue weighted by Gasteiger charge is 2.23. The van der Waals surface area contributed by atoms with Crippen LogP contribution in [0.5, 0.6) is 0 Å². The van der Waals surface area contributed by atoms with Gasteiger partial charge in [-0.25, -0.2) is 0 Å². The molecular formula is C14H23N3O2. The summed E-state index contributed by atoms with van der Waals surface area (Å²) in [6.45, 7) is 5.89. The Labute approximate surface area is 115 Å². The molecule has 0 fully saturated rings. The van der Waals surface area contributed by atoms with Crippen molar-refractivity contribution in [2.45, 2.75) is 13.0 Å². The number of carbonyl (C=O) groups is 2. The lowest BCUT2D eigenvalue weighted by atomic mass is 10.1. The van der Waals surface area contributed by atoms with Crippen LogP contribution in [0.25, 0.3) is 0 Å². The van der Waals surface area contributed by atoms with E-state index in [0.29, 0.717) is 5.57 Å². The summed E-state index contributed by atoms with van der Waals surface area (Å²) in [6.07, 6.45) is 7.19. The van der Waals surface area contributed by atoms with Gasteiger partial charge in [-0.05, 0) is 19.5 Å². The van der Waals surface area contributed by atoms with Crippen LogP contribution in [0.3, 0.4) is 0 Å². The molecule has 2 N–H and O–H groups in total. The van der Waals surface area contributed by atoms with Gasteiger partial charge < -0.3 is 15.5 Å². The van der Waals surface area contributed by atoms with Crippen molar-refractivity contribution in [2.75, 3.05) is 27.7 Å². The minimum absolute atomic E-state index is 0.156. The third kappa shape index (κ3) is 6.57. The van der Waals surface area contributed by atoms with Crippen LogP contribution in [0.1, 0.15) is 6.92 Å². The zero-order chi connectivity index (χ0) is 14.8. The Bertz CT molecular complexity index is 384. The van der Waals surface area contributed by atoms with Gasteiger partial charge in [-0.15, -0.1) is 0 Å². The SMILES string of the molecule is C=C(/C=C\C=C/C)C(NC(=O)CNC)C(=O)N(C)C. The minimum Gasteiger partial charge on any atom is -0.347 e. The standard InChI is InChI=1S/C14H23N3O2/c1-6-7-8-9-11(2)13(14(19)17(4)5)16-12(18)10-15-3/h6-9,13,15H,2,10H2,1,3-5H3,(H,16,18)/b7-6-,9-8-. The maximum absolute atomic E-state index is 12.0. The Hall–Kier alpha value is -1.88. The van der Waals surface area contributed by atoms with E-state index in [4.69, 9.17) is 0 Å². The molecule has 5 heteroatoms. The smallest absolute Gasteiger partial charge is 0.249 e. The molecule has 0 saturated carbocycles. The van der Waals surface area contributed by atoms with Crippen molar-refractivity contribution in [3.8, 4) is 0 Å². The first-order valence-electron chi connectivity index (χ1n) is 6.07. The molecule has 0 aliphatic rings. The van der Waals surface area contributed by atoms with E-state index in [9.17, 15) is 9.59 Å². The van der Waals surface area contributed by atoms with Gasteiger partial charge >= 0.3 is 0 Å². The minimum atomic E-state index is -0.739. The second-order valence-electron chi connectivity index (χ2n) is 4.22. The summed E-state index contributed by atoms with van der Waals surface area (Å²) >= 11 is 0. The van der Waals surface area contributed by atoms with Crippen molar-refractivity contribution < 1.29 is 9.59 Å². The fourth-order valence-electron chi connectivity index (χ4n) is 1.33. The average Bonchev–Trinajstić information content (AvgIpc) is 2.35. The lowest BCUT2D eigenvalue weighted by molar-refractivity contribution is -0.133. The molecule has 0 aromatic rings. The summed E-state index contributed by atoms with van der Waals surface area (Å²) in [5.74, 6) is -0.456. The molecule has 0 spiro atoms. The largest absolute Gasteiger partial charge is 0.347 e. The Morgan fingerprint density at radius 3 is 2.42 bits per heavy atom. The molecule has 1 unspecified atom stereocenters. The number of hydrogen-bond acceptors (Lipinski definition) is 3. The highest BCUT2D eigenvalue weighted by molar-refractivity contribution is 5.91. The molecule has 0 aliphatic carbocycles. The van der Waals surface area contributed by atoms with Crippen molar-refractivity contribution in [2.24, 2.45) is 0 Å². The Balaban J connectivity index is 4.90. The molecule has 0 bridgehead atoms. The zero-order valence-corrected chi connectivity index (χ0v) is 12.1. The maximum atomic E-state index is 12.0. The van der Waals surface area contributed by atoms with Gasteiger partial charge in [0, 0.05) is 14.1 Å². The molecule has 0 aromatic heterocycles. The number of hydrogen-bond donors (Lipinski definition) is 2. The van der Waals surface area contributed by atoms with Crippen LogP contribution in [0.4, 0.5) is 0 Å². The van der Waals surface area contributed by atoms with Gasteiger partial charge in [-0.2, -0.15) is 0 Å². The average molecular weight is 265 g/mol. The molecular weight excluding hydrogens is 242 g/mol. The molecule has 106 valence electrons. The first kappa shape index (κ1) is 17.1. The Morgan fingerprint density at radius 1 is 1.32 bits per heavy atom. The van der Waals surface area contributed by atoms with Crippen LogP contribution in [0.2, 0.25) is 0 Å². The number of nitrogens with one attached hydrogen (secondary N) is 2. The lowest BCUT2D eigenvalue weighted by Gasteiger charge is -2.22. The summed E-state index contributed by atoms with van der Waals surface area (Å²) in [5, 5.41) is 5.39. The molecule has 0 rings (SSSR count). The molecule has 1 atom stereocenters. The highest BCUT2D eigenvalue weighted by Crippen LogP contribution is 2.05. The van der Waals surface area contributed by atoms with Gasteiger partial charge in [0.25, 0.3) is 0 Å². The molecule has 2 amide bonds.